The lowest BCUT2D eigenvalue weighted by Gasteiger charge is -2.14. The van der Waals surface area contributed by atoms with Gasteiger partial charge in [-0.25, -0.2) is 0 Å². The molecule has 2 aromatic carbocycles. The molecule has 0 aliphatic carbocycles. The quantitative estimate of drug-likeness (QED) is 0.606. The number of thiocarbonyl (C=S) groups is 1. The second-order valence-corrected chi connectivity index (χ2v) is 6.35. The minimum absolute atomic E-state index is 0.281. The van der Waals surface area contributed by atoms with Gasteiger partial charge in [-0.1, -0.05) is 11.6 Å². The van der Waals surface area contributed by atoms with Crippen molar-refractivity contribution in [1.82, 2.24) is 5.32 Å². The number of nitrogens with zero attached hydrogens (tertiary/aromatic N) is 1. The Morgan fingerprint density at radius 1 is 1.04 bits per heavy atom. The van der Waals surface area contributed by atoms with E-state index in [1.54, 1.807) is 49.6 Å². The number of methoxy groups -OCH3 is 3. The first-order valence-corrected chi connectivity index (χ1v) is 8.69. The maximum atomic E-state index is 12.8. The first kappa shape index (κ1) is 19.0. The van der Waals surface area contributed by atoms with E-state index in [4.69, 9.17) is 38.0 Å². The second-order valence-electron chi connectivity index (χ2n) is 5.56. The molecule has 1 N–H and O–H groups in total. The molecular weight excluding hydrogens is 388 g/mol. The van der Waals surface area contributed by atoms with Gasteiger partial charge in [0.15, 0.2) is 16.6 Å². The van der Waals surface area contributed by atoms with Crippen molar-refractivity contribution in [2.75, 3.05) is 26.2 Å². The number of amides is 1. The number of carbonyl (C=O) groups excluding carboxylic acids is 1. The fraction of sp³-hybridized carbons (Fsp3) is 0.158. The van der Waals surface area contributed by atoms with E-state index in [9.17, 15) is 4.79 Å². The Balaban J connectivity index is 1.94. The van der Waals surface area contributed by atoms with E-state index in [1.807, 2.05) is 0 Å². The van der Waals surface area contributed by atoms with Gasteiger partial charge >= 0.3 is 0 Å². The highest BCUT2D eigenvalue weighted by atomic mass is 35.5. The molecule has 1 saturated heterocycles. The van der Waals surface area contributed by atoms with E-state index in [0.717, 1.165) is 0 Å². The normalized spacial score (nSPS) is 15.1. The van der Waals surface area contributed by atoms with Gasteiger partial charge in [0.25, 0.3) is 5.91 Å². The molecule has 6 nitrogen and oxygen atoms in total. The van der Waals surface area contributed by atoms with Crippen molar-refractivity contribution in [2.45, 2.75) is 0 Å². The Morgan fingerprint density at radius 3 is 2.26 bits per heavy atom. The van der Waals surface area contributed by atoms with Gasteiger partial charge in [0, 0.05) is 6.07 Å². The topological polar surface area (TPSA) is 60.0 Å². The van der Waals surface area contributed by atoms with Crippen LogP contribution in [-0.4, -0.2) is 32.3 Å². The lowest BCUT2D eigenvalue weighted by Crippen LogP contribution is -2.30. The average molecular weight is 405 g/mol. The molecule has 1 aliphatic heterocycles. The van der Waals surface area contributed by atoms with Crippen molar-refractivity contribution in [3.05, 3.63) is 52.7 Å². The van der Waals surface area contributed by atoms with Crippen LogP contribution in [0.1, 0.15) is 5.56 Å². The Morgan fingerprint density at radius 2 is 1.67 bits per heavy atom. The lowest BCUT2D eigenvalue weighted by atomic mass is 10.1. The number of hydrogen-bond donors (Lipinski definition) is 1. The highest BCUT2D eigenvalue weighted by Gasteiger charge is 2.32. The molecule has 2 aromatic rings. The van der Waals surface area contributed by atoms with Gasteiger partial charge in [-0.3, -0.25) is 9.69 Å². The molecule has 0 bridgehead atoms. The van der Waals surface area contributed by atoms with Crippen molar-refractivity contribution in [1.29, 1.82) is 0 Å². The zero-order chi connectivity index (χ0) is 19.6. The fourth-order valence-corrected chi connectivity index (χ4v) is 3.14. The maximum absolute atomic E-state index is 12.8. The summed E-state index contributed by atoms with van der Waals surface area (Å²) in [5.74, 6) is 1.42. The van der Waals surface area contributed by atoms with Crippen LogP contribution in [0.5, 0.6) is 17.2 Å². The van der Waals surface area contributed by atoms with Gasteiger partial charge in [-0.15, -0.1) is 0 Å². The largest absolute Gasteiger partial charge is 0.497 e. The number of benzene rings is 2. The minimum Gasteiger partial charge on any atom is -0.497 e. The van der Waals surface area contributed by atoms with Crippen molar-refractivity contribution in [2.24, 2.45) is 0 Å². The maximum Gasteiger partial charge on any atom is 0.281 e. The predicted octanol–water partition coefficient (Wildman–Crippen LogP) is 3.63. The summed E-state index contributed by atoms with van der Waals surface area (Å²) in [5, 5.41) is 3.63. The van der Waals surface area contributed by atoms with Crippen molar-refractivity contribution < 1.29 is 19.0 Å². The SMILES string of the molecule is COc1ccc(N2C(=O)/C(=C\c3cc(OC)c(OC)cc3Cl)NC2=S)cc1. The molecule has 0 aromatic heterocycles. The van der Waals surface area contributed by atoms with Crippen LogP contribution in [-0.2, 0) is 4.79 Å². The Bertz CT molecular complexity index is 928. The van der Waals surface area contributed by atoms with E-state index in [-0.39, 0.29) is 11.0 Å². The van der Waals surface area contributed by atoms with Crippen LogP contribution >= 0.6 is 23.8 Å². The molecule has 27 heavy (non-hydrogen) atoms. The molecule has 0 atom stereocenters. The van der Waals surface area contributed by atoms with Crippen molar-refractivity contribution >= 4 is 46.6 Å². The summed E-state index contributed by atoms with van der Waals surface area (Å²) in [6.45, 7) is 0. The van der Waals surface area contributed by atoms with Crippen LogP contribution in [0.4, 0.5) is 5.69 Å². The van der Waals surface area contributed by atoms with Crippen LogP contribution < -0.4 is 24.4 Å². The molecule has 140 valence electrons. The summed E-state index contributed by atoms with van der Waals surface area (Å²) in [4.78, 5) is 14.3. The summed E-state index contributed by atoms with van der Waals surface area (Å²) >= 11 is 11.6. The molecule has 1 amide bonds. The number of anilines is 1. The van der Waals surface area contributed by atoms with Gasteiger partial charge in [-0.2, -0.15) is 0 Å². The van der Waals surface area contributed by atoms with Crippen LogP contribution in [0.15, 0.2) is 42.1 Å². The molecule has 1 aliphatic rings. The van der Waals surface area contributed by atoms with E-state index >= 15 is 0 Å². The molecule has 0 unspecified atom stereocenters. The highest BCUT2D eigenvalue weighted by Crippen LogP contribution is 2.34. The lowest BCUT2D eigenvalue weighted by molar-refractivity contribution is -0.113. The smallest absolute Gasteiger partial charge is 0.281 e. The van der Waals surface area contributed by atoms with Crippen LogP contribution in [0.25, 0.3) is 6.08 Å². The fourth-order valence-electron chi connectivity index (χ4n) is 2.64. The number of halogens is 1. The van der Waals surface area contributed by atoms with Gasteiger partial charge in [0.05, 0.1) is 32.0 Å². The zero-order valence-corrected chi connectivity index (χ0v) is 16.5. The third-order valence-corrected chi connectivity index (χ3v) is 4.62. The second kappa shape index (κ2) is 7.85. The number of rotatable bonds is 5. The van der Waals surface area contributed by atoms with Crippen LogP contribution in [0.3, 0.4) is 0 Å². The molecular formula is C19H17ClN2O4S. The summed E-state index contributed by atoms with van der Waals surface area (Å²) in [6.07, 6.45) is 1.63. The average Bonchev–Trinajstić information content (AvgIpc) is 2.96. The van der Waals surface area contributed by atoms with E-state index in [0.29, 0.717) is 39.2 Å². The van der Waals surface area contributed by atoms with Crippen molar-refractivity contribution in [3.8, 4) is 17.2 Å². The van der Waals surface area contributed by atoms with Crippen LogP contribution in [0, 0.1) is 0 Å². The third kappa shape index (κ3) is 3.70. The van der Waals surface area contributed by atoms with Gasteiger partial charge in [-0.05, 0) is 54.2 Å². The van der Waals surface area contributed by atoms with Crippen LogP contribution in [0.2, 0.25) is 5.02 Å². The first-order chi connectivity index (χ1) is 13.0. The number of ether oxygens (including phenoxy) is 3. The summed E-state index contributed by atoms with van der Waals surface area (Å²) in [6, 6.07) is 10.4. The molecule has 1 fully saturated rings. The highest BCUT2D eigenvalue weighted by molar-refractivity contribution is 7.80. The predicted molar refractivity (Wildman–Crippen MR) is 109 cm³/mol. The summed E-state index contributed by atoms with van der Waals surface area (Å²) in [5.41, 5.74) is 1.55. The van der Waals surface area contributed by atoms with Gasteiger partial charge in [0.2, 0.25) is 0 Å². The Kier molecular flexibility index (Phi) is 5.53. The monoisotopic (exact) mass is 404 g/mol. The van der Waals surface area contributed by atoms with E-state index in [2.05, 4.69) is 5.32 Å². The zero-order valence-electron chi connectivity index (χ0n) is 14.9. The van der Waals surface area contributed by atoms with Gasteiger partial charge < -0.3 is 19.5 Å². The summed E-state index contributed by atoms with van der Waals surface area (Å²) < 4.78 is 15.7. The van der Waals surface area contributed by atoms with E-state index < -0.39 is 0 Å². The molecule has 1 heterocycles. The molecule has 3 rings (SSSR count). The molecule has 8 heteroatoms. The summed E-state index contributed by atoms with van der Waals surface area (Å²) in [7, 11) is 4.64. The minimum atomic E-state index is -0.281. The van der Waals surface area contributed by atoms with E-state index in [1.165, 1.54) is 19.1 Å². The number of nitrogens with one attached hydrogen (secondary N) is 1. The van der Waals surface area contributed by atoms with Crippen molar-refractivity contribution in [3.63, 3.8) is 0 Å². The van der Waals surface area contributed by atoms with Gasteiger partial charge in [0.1, 0.15) is 11.4 Å². The molecule has 0 spiro atoms. The molecule has 0 radical (unpaired) electrons. The Hall–Kier alpha value is -2.77. The third-order valence-electron chi connectivity index (χ3n) is 4.01. The Labute approximate surface area is 167 Å². The first-order valence-electron chi connectivity index (χ1n) is 7.91. The number of hydrogen-bond acceptors (Lipinski definition) is 5. The number of carbonyl (C=O) groups is 1. The standard InChI is InChI=1S/C19H17ClN2O4S/c1-24-13-6-4-12(5-7-13)22-18(23)15(21-19(22)27)8-11-9-16(25-2)17(26-3)10-14(11)20/h4-10H,1-3H3,(H,21,27)/b15-8+. The molecule has 0 saturated carbocycles.